The number of aliphatic hydroxyl groups is 1. The second-order valence-electron chi connectivity index (χ2n) is 9.59. The Kier molecular flexibility index (Phi) is 7.49. The van der Waals surface area contributed by atoms with Gasteiger partial charge in [0.05, 0.1) is 11.6 Å². The first-order valence-corrected chi connectivity index (χ1v) is 11.5. The van der Waals surface area contributed by atoms with E-state index in [2.05, 4.69) is 18.0 Å². The van der Waals surface area contributed by atoms with Crippen LogP contribution in [-0.2, 0) is 4.79 Å². The van der Waals surface area contributed by atoms with Crippen LogP contribution in [0.25, 0.3) is 0 Å². The quantitative estimate of drug-likeness (QED) is 0.521. The Morgan fingerprint density at radius 2 is 1.93 bits per heavy atom. The molecule has 0 aromatic carbocycles. The number of hydrogen-bond donors (Lipinski definition) is 2. The molecule has 0 aromatic rings. The van der Waals surface area contributed by atoms with E-state index in [0.717, 1.165) is 26.1 Å². The maximum Gasteiger partial charge on any atom is 0.149 e. The van der Waals surface area contributed by atoms with Crippen molar-refractivity contribution in [1.82, 2.24) is 4.90 Å². The number of carbonyl (C=O) groups excluding carboxylic acids is 1. The Morgan fingerprint density at radius 1 is 1.21 bits per heavy atom. The van der Waals surface area contributed by atoms with E-state index in [-0.39, 0.29) is 24.2 Å². The summed E-state index contributed by atoms with van der Waals surface area (Å²) < 4.78 is 0. The summed E-state index contributed by atoms with van der Waals surface area (Å²) in [7, 11) is 0. The lowest BCUT2D eigenvalue weighted by Gasteiger charge is -2.48. The van der Waals surface area contributed by atoms with Crippen molar-refractivity contribution in [2.24, 2.45) is 22.7 Å². The molecule has 0 bridgehead atoms. The summed E-state index contributed by atoms with van der Waals surface area (Å²) >= 11 is 0. The molecule has 0 aromatic heterocycles. The number of piperidine rings is 1. The van der Waals surface area contributed by atoms with E-state index in [0.29, 0.717) is 18.3 Å². The van der Waals surface area contributed by atoms with Crippen LogP contribution in [0.2, 0.25) is 0 Å². The Balaban J connectivity index is 1.70. The van der Waals surface area contributed by atoms with Gasteiger partial charge in [0, 0.05) is 26.1 Å². The van der Waals surface area contributed by atoms with Crippen molar-refractivity contribution in [3.63, 3.8) is 0 Å². The monoisotopic (exact) mass is 387 g/mol. The highest BCUT2D eigenvalue weighted by Gasteiger charge is 2.49. The van der Waals surface area contributed by atoms with Crippen molar-refractivity contribution in [2.75, 3.05) is 26.2 Å². The molecule has 3 aliphatic rings. The van der Waals surface area contributed by atoms with Crippen molar-refractivity contribution in [3.05, 3.63) is 12.2 Å². The number of likely N-dealkylation sites (tertiary alicyclic amines) is 1. The SMILES string of the molecule is CCC1(CN2CCC(C3([C]=N)CC=CCC3=O)C(CO)C2)CCCCCCC1. The number of rotatable bonds is 6. The summed E-state index contributed by atoms with van der Waals surface area (Å²) in [5, 5.41) is 18.1. The highest BCUT2D eigenvalue weighted by molar-refractivity contribution is 6.01. The molecule has 1 heterocycles. The van der Waals surface area contributed by atoms with Crippen LogP contribution in [0.5, 0.6) is 0 Å². The number of ketones is 1. The largest absolute Gasteiger partial charge is 0.396 e. The summed E-state index contributed by atoms with van der Waals surface area (Å²) in [6, 6.07) is 0. The molecule has 0 amide bonds. The molecule has 3 unspecified atom stereocenters. The van der Waals surface area contributed by atoms with E-state index in [1.54, 1.807) is 0 Å². The summed E-state index contributed by atoms with van der Waals surface area (Å²) in [4.78, 5) is 15.3. The minimum Gasteiger partial charge on any atom is -0.396 e. The zero-order chi connectivity index (χ0) is 20.0. The maximum atomic E-state index is 12.7. The standard InChI is InChI=1S/C24H39N2O2/c1-2-23(12-7-4-3-5-8-13-23)19-26-15-11-21(20(16-26)17-27)24(18-25)14-9-6-10-22(24)28/h6,9,20-21,25,27H,2-5,7-8,10-17,19H2,1H3. The Hall–Kier alpha value is -1.00. The molecule has 157 valence electrons. The van der Waals surface area contributed by atoms with Crippen LogP contribution in [0, 0.1) is 28.1 Å². The summed E-state index contributed by atoms with van der Waals surface area (Å²) in [5.41, 5.74) is -0.390. The first-order chi connectivity index (χ1) is 13.6. The highest BCUT2D eigenvalue weighted by atomic mass is 16.3. The minimum atomic E-state index is -0.809. The van der Waals surface area contributed by atoms with Gasteiger partial charge in [0.2, 0.25) is 0 Å². The summed E-state index contributed by atoms with van der Waals surface area (Å²) in [6.07, 6.45) is 19.2. The number of Topliss-reactive ketones (excluding diaryl/α,β-unsaturated/α-hetero) is 1. The molecule has 1 saturated carbocycles. The van der Waals surface area contributed by atoms with E-state index in [1.807, 2.05) is 12.2 Å². The number of hydrogen-bond acceptors (Lipinski definition) is 4. The van der Waals surface area contributed by atoms with Crippen LogP contribution in [0.3, 0.4) is 0 Å². The molecule has 28 heavy (non-hydrogen) atoms. The van der Waals surface area contributed by atoms with Crippen molar-refractivity contribution in [3.8, 4) is 0 Å². The van der Waals surface area contributed by atoms with E-state index < -0.39 is 5.41 Å². The van der Waals surface area contributed by atoms with Crippen LogP contribution in [0.15, 0.2) is 12.2 Å². The van der Waals surface area contributed by atoms with Crippen molar-refractivity contribution < 1.29 is 9.90 Å². The lowest BCUT2D eigenvalue weighted by atomic mass is 9.61. The van der Waals surface area contributed by atoms with Crippen molar-refractivity contribution in [2.45, 2.75) is 77.6 Å². The smallest absolute Gasteiger partial charge is 0.149 e. The Labute approximate surface area is 171 Å². The third-order valence-corrected chi connectivity index (χ3v) is 8.04. The summed E-state index contributed by atoms with van der Waals surface area (Å²) in [5.74, 6) is 0.218. The van der Waals surface area contributed by atoms with Crippen LogP contribution in [0.1, 0.15) is 77.6 Å². The van der Waals surface area contributed by atoms with Crippen LogP contribution < -0.4 is 0 Å². The van der Waals surface area contributed by atoms with Gasteiger partial charge in [-0.3, -0.25) is 4.79 Å². The number of carbonyl (C=O) groups is 1. The van der Waals surface area contributed by atoms with Crippen LogP contribution in [-0.4, -0.2) is 48.2 Å². The number of nitrogens with one attached hydrogen (secondary N) is 1. The van der Waals surface area contributed by atoms with Gasteiger partial charge in [0.25, 0.3) is 0 Å². The second-order valence-corrected chi connectivity index (χ2v) is 9.59. The van der Waals surface area contributed by atoms with E-state index in [4.69, 9.17) is 5.41 Å². The van der Waals surface area contributed by atoms with Crippen molar-refractivity contribution >= 4 is 12.0 Å². The predicted molar refractivity (Wildman–Crippen MR) is 114 cm³/mol. The normalized spacial score (nSPS) is 34.6. The molecule has 2 aliphatic carbocycles. The average molecular weight is 388 g/mol. The fourth-order valence-electron chi connectivity index (χ4n) is 6.17. The van der Waals surface area contributed by atoms with Gasteiger partial charge in [-0.15, -0.1) is 0 Å². The van der Waals surface area contributed by atoms with Gasteiger partial charge in [-0.2, -0.15) is 0 Å². The first-order valence-electron chi connectivity index (χ1n) is 11.5. The molecule has 1 aliphatic heterocycles. The van der Waals surface area contributed by atoms with Gasteiger partial charge in [-0.25, -0.2) is 0 Å². The van der Waals surface area contributed by atoms with Gasteiger partial charge in [0.1, 0.15) is 5.78 Å². The van der Waals surface area contributed by atoms with Gasteiger partial charge in [-0.05, 0) is 55.9 Å². The van der Waals surface area contributed by atoms with E-state index >= 15 is 0 Å². The number of aliphatic hydroxyl groups excluding tert-OH is 1. The van der Waals surface area contributed by atoms with Crippen LogP contribution >= 0.6 is 0 Å². The van der Waals surface area contributed by atoms with E-state index in [9.17, 15) is 9.90 Å². The van der Waals surface area contributed by atoms with Crippen LogP contribution in [0.4, 0.5) is 0 Å². The first kappa shape index (κ1) is 21.7. The van der Waals surface area contributed by atoms with Gasteiger partial charge >= 0.3 is 0 Å². The molecule has 2 N–H and O–H groups in total. The molecule has 4 nitrogen and oxygen atoms in total. The van der Waals surface area contributed by atoms with E-state index in [1.165, 1.54) is 51.4 Å². The fourth-order valence-corrected chi connectivity index (χ4v) is 6.17. The molecule has 0 spiro atoms. The highest BCUT2D eigenvalue weighted by Crippen LogP contribution is 2.45. The molecule has 3 atom stereocenters. The Bertz CT molecular complexity index is 565. The second kappa shape index (κ2) is 9.67. The summed E-state index contributed by atoms with van der Waals surface area (Å²) in [6.45, 7) is 5.40. The zero-order valence-corrected chi connectivity index (χ0v) is 17.7. The molecular formula is C24H39N2O2. The van der Waals surface area contributed by atoms with Gasteiger partial charge in [0.15, 0.2) is 0 Å². The average Bonchev–Trinajstić information content (AvgIpc) is 2.71. The molecule has 1 radical (unpaired) electrons. The number of nitrogens with zero attached hydrogens (tertiary/aromatic N) is 1. The topological polar surface area (TPSA) is 64.4 Å². The zero-order valence-electron chi connectivity index (χ0n) is 17.7. The maximum absolute atomic E-state index is 12.7. The third-order valence-electron chi connectivity index (χ3n) is 8.04. The molecule has 3 rings (SSSR count). The predicted octanol–water partition coefficient (Wildman–Crippen LogP) is 4.49. The Morgan fingerprint density at radius 3 is 2.54 bits per heavy atom. The molecular weight excluding hydrogens is 348 g/mol. The third kappa shape index (κ3) is 4.43. The van der Waals surface area contributed by atoms with Crippen molar-refractivity contribution in [1.29, 1.82) is 5.41 Å². The molecule has 2 fully saturated rings. The number of allylic oxidation sites excluding steroid dienone is 2. The minimum absolute atomic E-state index is 0.0404. The lowest BCUT2D eigenvalue weighted by Crippen LogP contribution is -2.54. The van der Waals surface area contributed by atoms with Gasteiger partial charge in [-0.1, -0.05) is 51.2 Å². The molecule has 1 saturated heterocycles. The lowest BCUT2D eigenvalue weighted by molar-refractivity contribution is -0.130. The molecule has 4 heteroatoms. The fraction of sp³-hybridized carbons (Fsp3) is 0.833. The van der Waals surface area contributed by atoms with Gasteiger partial charge < -0.3 is 15.4 Å².